The van der Waals surface area contributed by atoms with Crippen molar-refractivity contribution >= 4 is 33.8 Å². The summed E-state index contributed by atoms with van der Waals surface area (Å²) in [6.45, 7) is 11.4. The van der Waals surface area contributed by atoms with Gasteiger partial charge in [0.1, 0.15) is 5.00 Å². The van der Waals surface area contributed by atoms with Gasteiger partial charge in [0.05, 0.1) is 28.2 Å². The fraction of sp³-hybridized carbons (Fsp3) is 0.450. The number of carbonyl (C=O) groups excluding carboxylic acids is 2. The standard InChI is InChI=1S/C20H24N6O3S/c1-9-7-12-23-24-14(10(2)26(12)25-9)17(28)22-18-13(16(21)27)11-8-19(3,4)29-20(5,6)15(11)30-18/h7H,8H2,1-6H3,(H2,21,27)(H,22,28). The maximum absolute atomic E-state index is 13.0. The SMILES string of the molecule is Cc1cc2nnc(C(=O)Nc3sc4c(c3C(N)=O)CC(C)(C)OC4(C)C)c(C)n2n1. The van der Waals surface area contributed by atoms with Gasteiger partial charge in [-0.15, -0.1) is 21.5 Å². The molecular weight excluding hydrogens is 404 g/mol. The van der Waals surface area contributed by atoms with Gasteiger partial charge in [0.25, 0.3) is 11.8 Å². The van der Waals surface area contributed by atoms with Gasteiger partial charge in [0.15, 0.2) is 11.3 Å². The zero-order valence-corrected chi connectivity index (χ0v) is 18.6. The first-order chi connectivity index (χ1) is 13.9. The zero-order chi connectivity index (χ0) is 22.0. The molecule has 0 saturated carbocycles. The van der Waals surface area contributed by atoms with Crippen LogP contribution in [0.3, 0.4) is 0 Å². The topological polar surface area (TPSA) is 124 Å². The van der Waals surface area contributed by atoms with Gasteiger partial charge in [-0.1, -0.05) is 0 Å². The summed E-state index contributed by atoms with van der Waals surface area (Å²) < 4.78 is 7.78. The number of amides is 2. The molecule has 4 heterocycles. The van der Waals surface area contributed by atoms with Crippen molar-refractivity contribution < 1.29 is 14.3 Å². The highest BCUT2D eigenvalue weighted by molar-refractivity contribution is 7.17. The third-order valence-corrected chi connectivity index (χ3v) is 6.55. The summed E-state index contributed by atoms with van der Waals surface area (Å²) in [5.74, 6) is -1.06. The number of aryl methyl sites for hydroxylation is 2. The molecule has 30 heavy (non-hydrogen) atoms. The van der Waals surface area contributed by atoms with Gasteiger partial charge in [0.2, 0.25) is 0 Å². The van der Waals surface area contributed by atoms with Crippen molar-refractivity contribution in [3.63, 3.8) is 0 Å². The second-order valence-electron chi connectivity index (χ2n) is 8.67. The fourth-order valence-electron chi connectivity index (χ4n) is 4.12. The van der Waals surface area contributed by atoms with Gasteiger partial charge in [-0.3, -0.25) is 9.59 Å². The maximum Gasteiger partial charge on any atom is 0.278 e. The second-order valence-corrected chi connectivity index (χ2v) is 9.69. The number of carbonyl (C=O) groups is 2. The summed E-state index contributed by atoms with van der Waals surface area (Å²) in [7, 11) is 0. The smallest absolute Gasteiger partial charge is 0.278 e. The van der Waals surface area contributed by atoms with E-state index in [1.807, 2.05) is 34.6 Å². The van der Waals surface area contributed by atoms with E-state index in [9.17, 15) is 9.59 Å². The Labute approximate surface area is 177 Å². The Balaban J connectivity index is 1.77. The summed E-state index contributed by atoms with van der Waals surface area (Å²) in [5, 5.41) is 15.7. The molecule has 0 aromatic carbocycles. The molecular formula is C20H24N6O3S. The molecule has 9 nitrogen and oxygen atoms in total. The van der Waals surface area contributed by atoms with Gasteiger partial charge >= 0.3 is 0 Å². The van der Waals surface area contributed by atoms with Crippen LogP contribution in [0.1, 0.15) is 70.4 Å². The normalized spacial score (nSPS) is 17.0. The molecule has 0 saturated heterocycles. The number of nitrogens with two attached hydrogens (primary N) is 1. The zero-order valence-electron chi connectivity index (χ0n) is 17.8. The summed E-state index contributed by atoms with van der Waals surface area (Å²) >= 11 is 1.31. The largest absolute Gasteiger partial charge is 0.365 e. The van der Waals surface area contributed by atoms with E-state index in [2.05, 4.69) is 20.6 Å². The highest BCUT2D eigenvalue weighted by Gasteiger charge is 2.43. The summed E-state index contributed by atoms with van der Waals surface area (Å²) in [6.07, 6.45) is 0.522. The number of thiophene rings is 1. The average molecular weight is 429 g/mol. The molecule has 2 amide bonds. The van der Waals surface area contributed by atoms with Crippen LogP contribution in [0.15, 0.2) is 6.07 Å². The molecule has 0 bridgehead atoms. The Morgan fingerprint density at radius 3 is 2.60 bits per heavy atom. The van der Waals surface area contributed by atoms with Gasteiger partial charge < -0.3 is 15.8 Å². The molecule has 4 rings (SSSR count). The number of ether oxygens (including phenoxy) is 1. The highest BCUT2D eigenvalue weighted by Crippen LogP contribution is 2.48. The molecule has 158 valence electrons. The number of anilines is 1. The van der Waals surface area contributed by atoms with Crippen molar-refractivity contribution in [2.45, 2.75) is 59.2 Å². The summed E-state index contributed by atoms with van der Waals surface area (Å²) in [4.78, 5) is 26.2. The van der Waals surface area contributed by atoms with Gasteiger partial charge in [-0.25, -0.2) is 4.52 Å². The van der Waals surface area contributed by atoms with Crippen molar-refractivity contribution in [3.05, 3.63) is 39.2 Å². The van der Waals surface area contributed by atoms with Gasteiger partial charge in [-0.05, 0) is 47.1 Å². The molecule has 1 aliphatic heterocycles. The number of primary amides is 1. The van der Waals surface area contributed by atoms with Crippen molar-refractivity contribution in [2.75, 3.05) is 5.32 Å². The first-order valence-corrected chi connectivity index (χ1v) is 10.4. The quantitative estimate of drug-likeness (QED) is 0.661. The average Bonchev–Trinajstić information content (AvgIpc) is 3.14. The van der Waals surface area contributed by atoms with E-state index in [4.69, 9.17) is 10.5 Å². The van der Waals surface area contributed by atoms with Gasteiger partial charge in [-0.2, -0.15) is 5.10 Å². The Morgan fingerprint density at radius 2 is 1.93 bits per heavy atom. The van der Waals surface area contributed by atoms with Crippen molar-refractivity contribution in [3.8, 4) is 0 Å². The van der Waals surface area contributed by atoms with Crippen LogP contribution in [0, 0.1) is 13.8 Å². The van der Waals surface area contributed by atoms with E-state index in [0.717, 1.165) is 16.1 Å². The van der Waals surface area contributed by atoms with E-state index in [0.29, 0.717) is 28.3 Å². The molecule has 3 N–H and O–H groups in total. The van der Waals surface area contributed by atoms with E-state index in [1.165, 1.54) is 11.3 Å². The lowest BCUT2D eigenvalue weighted by molar-refractivity contribution is -0.135. The number of hydrogen-bond acceptors (Lipinski definition) is 7. The minimum atomic E-state index is -0.615. The molecule has 0 aliphatic carbocycles. The Kier molecular flexibility index (Phi) is 4.48. The number of aromatic nitrogens is 4. The molecule has 0 spiro atoms. The Bertz CT molecular complexity index is 1210. The molecule has 0 fully saturated rings. The molecule has 1 aliphatic rings. The van der Waals surface area contributed by atoms with Crippen molar-refractivity contribution in [1.82, 2.24) is 19.8 Å². The summed E-state index contributed by atoms with van der Waals surface area (Å²) in [5.41, 5.74) is 7.81. The lowest BCUT2D eigenvalue weighted by Crippen LogP contribution is -2.42. The number of nitrogens with zero attached hydrogens (tertiary/aromatic N) is 4. The van der Waals surface area contributed by atoms with Crippen LogP contribution in [0.5, 0.6) is 0 Å². The number of hydrogen-bond donors (Lipinski definition) is 2. The third kappa shape index (κ3) is 3.25. The first-order valence-electron chi connectivity index (χ1n) is 9.57. The number of fused-ring (bicyclic) bond motifs is 2. The van der Waals surface area contributed by atoms with Crippen molar-refractivity contribution in [1.29, 1.82) is 0 Å². The van der Waals surface area contributed by atoms with Crippen LogP contribution in [-0.2, 0) is 16.8 Å². The molecule has 3 aromatic heterocycles. The highest BCUT2D eigenvalue weighted by atomic mass is 32.1. The minimum absolute atomic E-state index is 0.128. The minimum Gasteiger partial charge on any atom is -0.365 e. The van der Waals surface area contributed by atoms with Crippen LogP contribution < -0.4 is 11.1 Å². The molecule has 0 atom stereocenters. The van der Waals surface area contributed by atoms with Crippen molar-refractivity contribution in [2.24, 2.45) is 5.73 Å². The lowest BCUT2D eigenvalue weighted by atomic mass is 9.86. The van der Waals surface area contributed by atoms with Crippen LogP contribution in [0.2, 0.25) is 0 Å². The van der Waals surface area contributed by atoms with E-state index in [-0.39, 0.29) is 5.69 Å². The molecule has 3 aromatic rings. The van der Waals surface area contributed by atoms with Crippen LogP contribution in [0.4, 0.5) is 5.00 Å². The fourth-order valence-corrected chi connectivity index (χ4v) is 5.38. The third-order valence-electron chi connectivity index (χ3n) is 5.10. The Hall–Kier alpha value is -2.85. The lowest BCUT2D eigenvalue weighted by Gasteiger charge is -2.41. The molecule has 10 heteroatoms. The van der Waals surface area contributed by atoms with Gasteiger partial charge in [0, 0.05) is 17.4 Å². The first kappa shape index (κ1) is 20.4. The monoisotopic (exact) mass is 428 g/mol. The molecule has 0 unspecified atom stereocenters. The van der Waals surface area contributed by atoms with E-state index < -0.39 is 23.0 Å². The van der Waals surface area contributed by atoms with E-state index >= 15 is 0 Å². The Morgan fingerprint density at radius 1 is 1.23 bits per heavy atom. The van der Waals surface area contributed by atoms with Crippen LogP contribution in [0.25, 0.3) is 5.65 Å². The number of nitrogens with one attached hydrogen (secondary N) is 1. The van der Waals surface area contributed by atoms with Crippen LogP contribution >= 0.6 is 11.3 Å². The second kappa shape index (κ2) is 6.58. The maximum atomic E-state index is 13.0. The predicted octanol–water partition coefficient (Wildman–Crippen LogP) is 2.74. The van der Waals surface area contributed by atoms with Crippen LogP contribution in [-0.4, -0.2) is 37.2 Å². The molecule has 0 radical (unpaired) electrons. The summed E-state index contributed by atoms with van der Waals surface area (Å²) in [6, 6.07) is 1.78. The van der Waals surface area contributed by atoms with E-state index in [1.54, 1.807) is 17.5 Å². The predicted molar refractivity (Wildman–Crippen MR) is 113 cm³/mol. The number of rotatable bonds is 3.